The molecule has 0 radical (unpaired) electrons. The van der Waals surface area contributed by atoms with Crippen molar-refractivity contribution in [3.05, 3.63) is 36.6 Å². The number of carbonyl (C=O) groups is 1. The lowest BCUT2D eigenvalue weighted by Gasteiger charge is -2.05. The monoisotopic (exact) mass is 346 g/mol. The van der Waals surface area contributed by atoms with Crippen LogP contribution in [0.2, 0.25) is 0 Å². The second kappa shape index (κ2) is 7.04. The number of hydrogen-bond acceptors (Lipinski definition) is 8. The van der Waals surface area contributed by atoms with Gasteiger partial charge in [-0.05, 0) is 24.3 Å². The zero-order chi connectivity index (χ0) is 16.9. The van der Waals surface area contributed by atoms with E-state index in [1.54, 1.807) is 13.2 Å². The van der Waals surface area contributed by atoms with Crippen LogP contribution in [0.15, 0.2) is 46.3 Å². The third kappa shape index (κ3) is 3.49. The fourth-order valence-electron chi connectivity index (χ4n) is 1.90. The third-order valence-corrected chi connectivity index (χ3v) is 3.99. The molecule has 2 heterocycles. The van der Waals surface area contributed by atoms with Crippen LogP contribution in [0, 0.1) is 0 Å². The summed E-state index contributed by atoms with van der Waals surface area (Å²) in [6.07, 6.45) is 1.38. The number of thioether (sulfide) groups is 1. The molecule has 3 aromatic rings. The summed E-state index contributed by atoms with van der Waals surface area (Å²) in [7, 11) is 1.60. The Morgan fingerprint density at radius 2 is 2.12 bits per heavy atom. The van der Waals surface area contributed by atoms with E-state index in [9.17, 15) is 4.79 Å². The van der Waals surface area contributed by atoms with E-state index in [4.69, 9.17) is 10.6 Å². The van der Waals surface area contributed by atoms with Gasteiger partial charge in [-0.1, -0.05) is 16.9 Å². The third-order valence-electron chi connectivity index (χ3n) is 3.05. The highest BCUT2D eigenvalue weighted by Gasteiger charge is 2.14. The highest BCUT2D eigenvalue weighted by molar-refractivity contribution is 7.99. The van der Waals surface area contributed by atoms with E-state index in [2.05, 4.69) is 25.2 Å². The van der Waals surface area contributed by atoms with Gasteiger partial charge in [-0.3, -0.25) is 4.79 Å². The first-order valence-corrected chi connectivity index (χ1v) is 7.84. The maximum Gasteiger partial charge on any atom is 0.236 e. The minimum absolute atomic E-state index is 0.116. The summed E-state index contributed by atoms with van der Waals surface area (Å²) in [5.74, 6) is 7.47. The van der Waals surface area contributed by atoms with Gasteiger partial charge in [0.25, 0.3) is 0 Å². The fourth-order valence-corrected chi connectivity index (χ4v) is 2.55. The van der Waals surface area contributed by atoms with Crippen LogP contribution in [0.3, 0.4) is 0 Å². The number of benzene rings is 1. The van der Waals surface area contributed by atoms with E-state index in [0.717, 1.165) is 11.3 Å². The van der Waals surface area contributed by atoms with Gasteiger partial charge in [0.1, 0.15) is 12.0 Å². The Labute approximate surface area is 141 Å². The number of nitrogens with two attached hydrogens (primary N) is 1. The molecule has 0 saturated heterocycles. The van der Waals surface area contributed by atoms with Gasteiger partial charge in [0, 0.05) is 11.6 Å². The lowest BCUT2D eigenvalue weighted by atomic mass is 10.2. The maximum absolute atomic E-state index is 11.8. The van der Waals surface area contributed by atoms with Crippen LogP contribution in [0.1, 0.15) is 0 Å². The number of hydrogen-bond donors (Lipinski definition) is 2. The second-order valence-corrected chi connectivity index (χ2v) is 5.57. The Morgan fingerprint density at radius 3 is 2.79 bits per heavy atom. The average Bonchev–Trinajstić information content (AvgIpc) is 3.23. The summed E-state index contributed by atoms with van der Waals surface area (Å²) in [4.78, 5) is 11.8. The molecule has 10 heteroatoms. The first kappa shape index (κ1) is 15.9. The minimum Gasteiger partial charge on any atom is -0.497 e. The number of nitrogens with one attached hydrogen (secondary N) is 1. The predicted octanol–water partition coefficient (Wildman–Crippen LogP) is 1.39. The van der Waals surface area contributed by atoms with E-state index in [1.807, 2.05) is 24.3 Å². The van der Waals surface area contributed by atoms with Gasteiger partial charge in [-0.2, -0.15) is 0 Å². The Kier molecular flexibility index (Phi) is 4.66. The average molecular weight is 346 g/mol. The van der Waals surface area contributed by atoms with E-state index >= 15 is 0 Å². The summed E-state index contributed by atoms with van der Waals surface area (Å²) in [6, 6.07) is 8.83. The number of nitrogens with zero attached hydrogens (tertiary/aromatic N) is 4. The topological polar surface area (TPSA) is 121 Å². The number of carbonyl (C=O) groups excluding carboxylic acids is 1. The summed E-state index contributed by atoms with van der Waals surface area (Å²) in [6.45, 7) is 0. The maximum atomic E-state index is 11.8. The highest BCUT2D eigenvalue weighted by Crippen LogP contribution is 2.23. The Bertz CT molecular complexity index is 816. The van der Waals surface area contributed by atoms with Crippen LogP contribution in [0.25, 0.3) is 11.4 Å². The van der Waals surface area contributed by atoms with Crippen molar-refractivity contribution in [2.24, 2.45) is 0 Å². The highest BCUT2D eigenvalue weighted by atomic mass is 32.2. The van der Waals surface area contributed by atoms with Crippen molar-refractivity contribution in [2.45, 2.75) is 5.16 Å². The molecular formula is C14H14N6O3S. The van der Waals surface area contributed by atoms with Gasteiger partial charge in [-0.15, -0.1) is 10.2 Å². The Balaban J connectivity index is 1.65. The van der Waals surface area contributed by atoms with Gasteiger partial charge in [-0.25, -0.2) is 4.68 Å². The molecular weight excluding hydrogens is 332 g/mol. The molecule has 0 aliphatic carbocycles. The quantitative estimate of drug-likeness (QED) is 0.507. The Hall–Kier alpha value is -3.01. The molecule has 3 N–H and O–H groups in total. The molecule has 0 fully saturated rings. The summed E-state index contributed by atoms with van der Waals surface area (Å²) < 4.78 is 11.1. The molecule has 0 saturated carbocycles. The zero-order valence-electron chi connectivity index (χ0n) is 12.7. The van der Waals surface area contributed by atoms with Crippen LogP contribution >= 0.6 is 11.8 Å². The van der Waals surface area contributed by atoms with Crippen LogP contribution in [-0.4, -0.2) is 38.8 Å². The van der Waals surface area contributed by atoms with E-state index in [1.165, 1.54) is 22.7 Å². The summed E-state index contributed by atoms with van der Waals surface area (Å²) in [5.41, 5.74) is 0.796. The molecule has 1 amide bonds. The van der Waals surface area contributed by atoms with Gasteiger partial charge < -0.3 is 20.4 Å². The number of aromatic nitrogens is 4. The van der Waals surface area contributed by atoms with Crippen molar-refractivity contribution in [1.29, 1.82) is 0 Å². The molecule has 0 aliphatic rings. The molecule has 0 bridgehead atoms. The SMILES string of the molecule is COc1ccc(-c2nnc(SCC(=O)Nc3ccon3)n2N)cc1. The summed E-state index contributed by atoms with van der Waals surface area (Å²) >= 11 is 1.17. The lowest BCUT2D eigenvalue weighted by Crippen LogP contribution is -2.16. The van der Waals surface area contributed by atoms with Gasteiger partial charge in [0.2, 0.25) is 11.1 Å². The standard InChI is InChI=1S/C14H14N6O3S/c1-22-10-4-2-9(3-5-10)13-17-18-14(20(13)15)24-8-12(21)16-11-6-7-23-19-11/h2-7H,8,15H2,1H3,(H,16,19,21). The number of rotatable bonds is 6. The number of anilines is 1. The van der Waals surface area contributed by atoms with Crippen molar-refractivity contribution in [3.8, 4) is 17.1 Å². The van der Waals surface area contributed by atoms with E-state index in [-0.39, 0.29) is 11.7 Å². The lowest BCUT2D eigenvalue weighted by molar-refractivity contribution is -0.113. The van der Waals surface area contributed by atoms with Gasteiger partial charge in [0.15, 0.2) is 11.6 Å². The molecule has 0 aliphatic heterocycles. The van der Waals surface area contributed by atoms with E-state index in [0.29, 0.717) is 16.8 Å². The van der Waals surface area contributed by atoms with Crippen molar-refractivity contribution >= 4 is 23.5 Å². The number of ether oxygens (including phenoxy) is 1. The number of amides is 1. The molecule has 9 nitrogen and oxygen atoms in total. The van der Waals surface area contributed by atoms with Crippen LogP contribution < -0.4 is 15.9 Å². The molecule has 0 spiro atoms. The molecule has 24 heavy (non-hydrogen) atoms. The van der Waals surface area contributed by atoms with Crippen LogP contribution in [0.5, 0.6) is 5.75 Å². The second-order valence-electron chi connectivity index (χ2n) is 4.63. The molecule has 0 atom stereocenters. The molecule has 2 aromatic heterocycles. The van der Waals surface area contributed by atoms with Crippen molar-refractivity contribution in [1.82, 2.24) is 20.0 Å². The number of nitrogen functional groups attached to an aromatic ring is 1. The summed E-state index contributed by atoms with van der Waals surface area (Å²) in [5, 5.41) is 14.7. The van der Waals surface area contributed by atoms with Crippen molar-refractivity contribution in [2.75, 3.05) is 24.0 Å². The first-order chi connectivity index (χ1) is 11.7. The molecule has 0 unspecified atom stereocenters. The van der Waals surface area contributed by atoms with Crippen molar-refractivity contribution < 1.29 is 14.1 Å². The normalized spacial score (nSPS) is 10.5. The molecule has 3 rings (SSSR count). The molecule has 124 valence electrons. The molecule has 1 aromatic carbocycles. The first-order valence-electron chi connectivity index (χ1n) is 6.85. The van der Waals surface area contributed by atoms with Gasteiger partial charge in [0.05, 0.1) is 12.9 Å². The largest absolute Gasteiger partial charge is 0.497 e. The van der Waals surface area contributed by atoms with Crippen LogP contribution in [0.4, 0.5) is 5.82 Å². The minimum atomic E-state index is -0.247. The predicted molar refractivity (Wildman–Crippen MR) is 88.0 cm³/mol. The zero-order valence-corrected chi connectivity index (χ0v) is 13.5. The van der Waals surface area contributed by atoms with Crippen LogP contribution in [-0.2, 0) is 4.79 Å². The number of methoxy groups -OCH3 is 1. The van der Waals surface area contributed by atoms with E-state index < -0.39 is 0 Å². The Morgan fingerprint density at radius 1 is 1.33 bits per heavy atom. The smallest absolute Gasteiger partial charge is 0.236 e. The fraction of sp³-hybridized carbons (Fsp3) is 0.143. The van der Waals surface area contributed by atoms with Crippen molar-refractivity contribution in [3.63, 3.8) is 0 Å². The van der Waals surface area contributed by atoms with Gasteiger partial charge >= 0.3 is 0 Å².